The summed E-state index contributed by atoms with van der Waals surface area (Å²) >= 11 is 0. The van der Waals surface area contributed by atoms with Crippen molar-refractivity contribution in [2.45, 2.75) is 43.4 Å². The summed E-state index contributed by atoms with van der Waals surface area (Å²) in [7, 11) is 0. The van der Waals surface area contributed by atoms with E-state index in [1.54, 1.807) is 13.8 Å². The van der Waals surface area contributed by atoms with E-state index in [1.807, 2.05) is 0 Å². The van der Waals surface area contributed by atoms with Crippen molar-refractivity contribution >= 4 is 5.82 Å². The zero-order valence-corrected chi connectivity index (χ0v) is 11.7. The van der Waals surface area contributed by atoms with Gasteiger partial charge in [0, 0.05) is 6.20 Å². The molecule has 2 aliphatic rings. The van der Waals surface area contributed by atoms with E-state index >= 15 is 4.39 Å². The van der Waals surface area contributed by atoms with E-state index in [9.17, 15) is 15.0 Å². The van der Waals surface area contributed by atoms with E-state index in [4.69, 9.17) is 10.5 Å². The third-order valence-electron chi connectivity index (χ3n) is 4.67. The molecule has 0 spiro atoms. The molecule has 0 amide bonds. The highest BCUT2D eigenvalue weighted by molar-refractivity contribution is 5.33. The van der Waals surface area contributed by atoms with Crippen LogP contribution in [0.5, 0.6) is 0 Å². The Kier molecular flexibility index (Phi) is 2.92. The molecule has 1 unspecified atom stereocenters. The maximum Gasteiger partial charge on any atom is 0.349 e. The number of nitrogen functional groups attached to an aromatic ring is 1. The van der Waals surface area contributed by atoms with Gasteiger partial charge in [0.2, 0.25) is 0 Å². The van der Waals surface area contributed by atoms with Gasteiger partial charge in [-0.05, 0) is 12.0 Å². The number of nitrogens with zero attached hydrogens (tertiary/aromatic N) is 2. The van der Waals surface area contributed by atoms with Crippen molar-refractivity contribution in [2.75, 3.05) is 12.3 Å². The molecule has 2 fully saturated rings. The fourth-order valence-electron chi connectivity index (χ4n) is 3.23. The molecule has 0 aromatic carbocycles. The van der Waals surface area contributed by atoms with Crippen LogP contribution < -0.4 is 11.4 Å². The fraction of sp³-hybridized carbons (Fsp3) is 0.692. The summed E-state index contributed by atoms with van der Waals surface area (Å²) in [6.45, 7) is 2.98. The first-order valence-corrected chi connectivity index (χ1v) is 6.79. The van der Waals surface area contributed by atoms with Crippen LogP contribution in [0.1, 0.15) is 19.9 Å². The zero-order valence-electron chi connectivity index (χ0n) is 11.7. The van der Waals surface area contributed by atoms with Gasteiger partial charge in [-0.2, -0.15) is 4.98 Å². The number of hydrogen-bond acceptors (Lipinski definition) is 6. The number of anilines is 1. The molecule has 116 valence electrons. The SMILES string of the molecule is CC(C)[C@]1(CO)O[C@H]2C(n3ccc(N)nc3=O)[C@]2(F)[C@@H]1O. The molecule has 0 radical (unpaired) electrons. The van der Waals surface area contributed by atoms with E-state index in [0.29, 0.717) is 0 Å². The van der Waals surface area contributed by atoms with Gasteiger partial charge in [-0.3, -0.25) is 4.57 Å². The van der Waals surface area contributed by atoms with E-state index in [0.717, 1.165) is 4.57 Å². The Bertz CT molecular complexity index is 636. The number of aromatic nitrogens is 2. The molecule has 1 saturated carbocycles. The van der Waals surface area contributed by atoms with Crippen LogP contribution >= 0.6 is 0 Å². The highest BCUT2D eigenvalue weighted by atomic mass is 19.1. The highest BCUT2D eigenvalue weighted by Crippen LogP contribution is 2.65. The Morgan fingerprint density at radius 2 is 2.29 bits per heavy atom. The quantitative estimate of drug-likeness (QED) is 0.676. The summed E-state index contributed by atoms with van der Waals surface area (Å²) in [6, 6.07) is 0.430. The molecule has 1 aliphatic heterocycles. The molecular weight excluding hydrogens is 281 g/mol. The lowest BCUT2D eigenvalue weighted by atomic mass is 9.83. The Hall–Kier alpha value is -1.51. The predicted octanol–water partition coefficient (Wildman–Crippen LogP) is -0.765. The number of aliphatic hydroxyl groups excluding tert-OH is 2. The lowest BCUT2D eigenvalue weighted by Gasteiger charge is -2.37. The fourth-order valence-corrected chi connectivity index (χ4v) is 3.23. The van der Waals surface area contributed by atoms with Crippen LogP contribution in [0.2, 0.25) is 0 Å². The van der Waals surface area contributed by atoms with Gasteiger partial charge in [-0.1, -0.05) is 13.8 Å². The molecule has 8 heteroatoms. The van der Waals surface area contributed by atoms with Crippen LogP contribution in [0.25, 0.3) is 0 Å². The third-order valence-corrected chi connectivity index (χ3v) is 4.67. The van der Waals surface area contributed by atoms with Crippen LogP contribution in [-0.2, 0) is 4.74 Å². The summed E-state index contributed by atoms with van der Waals surface area (Å²) in [4.78, 5) is 15.3. The Labute approximate surface area is 120 Å². The van der Waals surface area contributed by atoms with Crippen molar-refractivity contribution in [2.24, 2.45) is 5.92 Å². The maximum absolute atomic E-state index is 15.0. The van der Waals surface area contributed by atoms with E-state index < -0.39 is 41.8 Å². The standard InChI is InChI=1S/C13H18FN3O4/c1-6(2)12(5-18)10(19)13(14)8(9(13)21-12)17-4-3-7(15)16-11(17)20/h3-4,6,8-10,18-19H,5H2,1-2H3,(H2,15,16,20)/t8?,9-,10+,12-,13+/m0/s1. The first-order valence-electron chi connectivity index (χ1n) is 6.79. The van der Waals surface area contributed by atoms with Crippen LogP contribution in [0.3, 0.4) is 0 Å². The second kappa shape index (κ2) is 4.25. The van der Waals surface area contributed by atoms with Crippen LogP contribution in [0.15, 0.2) is 17.1 Å². The van der Waals surface area contributed by atoms with Gasteiger partial charge in [0.05, 0.1) is 6.61 Å². The molecule has 1 aromatic rings. The molecular formula is C13H18FN3O4. The number of ether oxygens (including phenoxy) is 1. The molecule has 7 nitrogen and oxygen atoms in total. The summed E-state index contributed by atoms with van der Waals surface area (Å²) < 4.78 is 21.7. The van der Waals surface area contributed by atoms with Crippen molar-refractivity contribution in [3.05, 3.63) is 22.7 Å². The van der Waals surface area contributed by atoms with E-state index in [2.05, 4.69) is 4.98 Å². The monoisotopic (exact) mass is 299 g/mol. The number of fused-ring (bicyclic) bond motifs is 1. The molecule has 1 aromatic heterocycles. The molecule has 3 rings (SSSR count). The van der Waals surface area contributed by atoms with Gasteiger partial charge in [0.15, 0.2) is 5.67 Å². The van der Waals surface area contributed by atoms with Crippen molar-refractivity contribution in [1.82, 2.24) is 9.55 Å². The molecule has 5 atom stereocenters. The van der Waals surface area contributed by atoms with Crippen molar-refractivity contribution in [1.29, 1.82) is 0 Å². The molecule has 4 N–H and O–H groups in total. The van der Waals surface area contributed by atoms with Gasteiger partial charge < -0.3 is 20.7 Å². The predicted molar refractivity (Wildman–Crippen MR) is 71.3 cm³/mol. The topological polar surface area (TPSA) is 111 Å². The normalized spacial score (nSPS) is 41.3. The molecule has 1 saturated heterocycles. The minimum atomic E-state index is -2.10. The number of aliphatic hydroxyl groups is 2. The summed E-state index contributed by atoms with van der Waals surface area (Å²) in [6.07, 6.45) is -1.17. The lowest BCUT2D eigenvalue weighted by molar-refractivity contribution is -0.155. The second-order valence-corrected chi connectivity index (χ2v) is 6.02. The van der Waals surface area contributed by atoms with Crippen molar-refractivity contribution in [3.63, 3.8) is 0 Å². The van der Waals surface area contributed by atoms with Gasteiger partial charge in [0.1, 0.15) is 29.7 Å². The maximum atomic E-state index is 15.0. The number of halogens is 1. The smallest absolute Gasteiger partial charge is 0.349 e. The molecule has 1 aliphatic carbocycles. The van der Waals surface area contributed by atoms with Crippen molar-refractivity contribution in [3.8, 4) is 0 Å². The second-order valence-electron chi connectivity index (χ2n) is 6.02. The van der Waals surface area contributed by atoms with Crippen molar-refractivity contribution < 1.29 is 19.3 Å². The Morgan fingerprint density at radius 3 is 2.71 bits per heavy atom. The molecule has 21 heavy (non-hydrogen) atoms. The summed E-state index contributed by atoms with van der Waals surface area (Å²) in [5, 5.41) is 19.8. The van der Waals surface area contributed by atoms with Crippen LogP contribution in [0, 0.1) is 5.92 Å². The van der Waals surface area contributed by atoms with E-state index in [1.165, 1.54) is 12.3 Å². The van der Waals surface area contributed by atoms with E-state index in [-0.39, 0.29) is 11.7 Å². The number of nitrogens with two attached hydrogens (primary N) is 1. The minimum Gasteiger partial charge on any atom is -0.393 e. The minimum absolute atomic E-state index is 0.0447. The molecule has 0 bridgehead atoms. The average molecular weight is 299 g/mol. The lowest BCUT2D eigenvalue weighted by Crippen LogP contribution is -2.54. The largest absolute Gasteiger partial charge is 0.393 e. The number of hydrogen-bond donors (Lipinski definition) is 3. The molecule has 2 heterocycles. The highest BCUT2D eigenvalue weighted by Gasteiger charge is 2.83. The number of alkyl halides is 1. The summed E-state index contributed by atoms with van der Waals surface area (Å²) in [5.74, 6) is -0.233. The summed E-state index contributed by atoms with van der Waals surface area (Å²) in [5.41, 5.74) is 1.25. The zero-order chi connectivity index (χ0) is 15.6. The van der Waals surface area contributed by atoms with Gasteiger partial charge in [-0.15, -0.1) is 0 Å². The van der Waals surface area contributed by atoms with Crippen LogP contribution in [0.4, 0.5) is 10.2 Å². The average Bonchev–Trinajstić information content (AvgIpc) is 2.92. The third kappa shape index (κ3) is 1.63. The van der Waals surface area contributed by atoms with Gasteiger partial charge in [0.25, 0.3) is 0 Å². The van der Waals surface area contributed by atoms with Crippen LogP contribution in [-0.4, -0.2) is 49.8 Å². The van der Waals surface area contributed by atoms with Gasteiger partial charge in [-0.25, -0.2) is 9.18 Å². The first-order chi connectivity index (χ1) is 9.79. The Balaban J connectivity index is 1.95. The van der Waals surface area contributed by atoms with Gasteiger partial charge >= 0.3 is 5.69 Å². The first kappa shape index (κ1) is 14.4. The number of rotatable bonds is 3. The Morgan fingerprint density at radius 1 is 1.62 bits per heavy atom.